The predicted molar refractivity (Wildman–Crippen MR) is 335 cm³/mol. The Morgan fingerprint density at radius 3 is 1.00 bits per heavy atom. The normalized spacial score (nSPS) is 14.8. The van der Waals surface area contributed by atoms with E-state index in [0.717, 1.165) is 28.6 Å². The lowest BCUT2D eigenvalue weighted by Gasteiger charge is -2.41. The Balaban J connectivity index is 1.06. The van der Waals surface area contributed by atoms with Crippen molar-refractivity contribution in [3.63, 3.8) is 0 Å². The number of benzene rings is 10. The molecule has 0 unspecified atom stereocenters. The van der Waals surface area contributed by atoms with Gasteiger partial charge in [0.2, 0.25) is 0 Å². The van der Waals surface area contributed by atoms with Crippen LogP contribution in [0.25, 0.3) is 44.5 Å². The molecule has 2 spiro atoms. The summed E-state index contributed by atoms with van der Waals surface area (Å²) in [5.74, 6) is 1.81. The molecule has 3 aliphatic carbocycles. The second-order valence-electron chi connectivity index (χ2n) is 27.3. The molecule has 394 valence electrons. The Labute approximate surface area is 474 Å². The highest BCUT2D eigenvalue weighted by Crippen LogP contribution is 2.66. The zero-order valence-corrected chi connectivity index (χ0v) is 48.6. The molecular weight excluding hydrogens is 967 g/mol. The quantitative estimate of drug-likeness (QED) is 0.174. The van der Waals surface area contributed by atoms with Crippen molar-refractivity contribution >= 4 is 17.1 Å². The summed E-state index contributed by atoms with van der Waals surface area (Å²) in [6.07, 6.45) is 0. The van der Waals surface area contributed by atoms with Gasteiger partial charge in [0.25, 0.3) is 0 Å². The van der Waals surface area contributed by atoms with Crippen molar-refractivity contribution in [2.75, 3.05) is 4.90 Å². The fourth-order valence-electron chi connectivity index (χ4n) is 14.1. The summed E-state index contributed by atoms with van der Waals surface area (Å²) >= 11 is 0. The molecule has 0 radical (unpaired) electrons. The van der Waals surface area contributed by atoms with Gasteiger partial charge in [0.15, 0.2) is 0 Å². The largest absolute Gasteiger partial charge is 0.457 e. The van der Waals surface area contributed by atoms with E-state index in [2.05, 4.69) is 300 Å². The summed E-state index contributed by atoms with van der Waals surface area (Å²) in [5.41, 5.74) is 27.4. The highest BCUT2D eigenvalue weighted by atomic mass is 16.5. The van der Waals surface area contributed by atoms with Crippen molar-refractivity contribution in [1.29, 1.82) is 0 Å². The topological polar surface area (TPSA) is 12.5 Å². The minimum absolute atomic E-state index is 0.0498. The second-order valence-corrected chi connectivity index (χ2v) is 27.3. The maximum atomic E-state index is 7.10. The van der Waals surface area contributed by atoms with Gasteiger partial charge < -0.3 is 9.64 Å². The molecule has 10 aromatic carbocycles. The molecule has 0 saturated heterocycles. The first-order chi connectivity index (χ1) is 38.2. The molecule has 0 fully saturated rings. The van der Waals surface area contributed by atoms with Crippen LogP contribution < -0.4 is 9.64 Å². The molecule has 0 aromatic heterocycles. The maximum Gasteiger partial charge on any atom is 0.132 e. The first kappa shape index (κ1) is 50.0. The average Bonchev–Trinajstić information content (AvgIpc) is 4.14. The van der Waals surface area contributed by atoms with Gasteiger partial charge in [-0.05, 0) is 182 Å². The highest BCUT2D eigenvalue weighted by molar-refractivity contribution is 5.98. The lowest BCUT2D eigenvalue weighted by molar-refractivity contribution is 0.433. The smallest absolute Gasteiger partial charge is 0.132 e. The average molecular weight is 1040 g/mol. The van der Waals surface area contributed by atoms with Gasteiger partial charge >= 0.3 is 0 Å². The monoisotopic (exact) mass is 1040 g/mol. The van der Waals surface area contributed by atoms with Crippen LogP contribution in [0.5, 0.6) is 11.5 Å². The maximum absolute atomic E-state index is 7.10. The Morgan fingerprint density at radius 1 is 0.263 bits per heavy atom. The summed E-state index contributed by atoms with van der Waals surface area (Å²) in [6.45, 7) is 28.0. The third-order valence-corrected chi connectivity index (χ3v) is 18.4. The zero-order chi connectivity index (χ0) is 55.5. The van der Waals surface area contributed by atoms with E-state index < -0.39 is 10.8 Å². The van der Waals surface area contributed by atoms with E-state index >= 15 is 0 Å². The van der Waals surface area contributed by atoms with Gasteiger partial charge in [-0.2, -0.15) is 0 Å². The van der Waals surface area contributed by atoms with E-state index in [-0.39, 0.29) is 21.7 Å². The molecule has 1 aliphatic heterocycles. The summed E-state index contributed by atoms with van der Waals surface area (Å²) in [5, 5.41) is 0. The van der Waals surface area contributed by atoms with Crippen LogP contribution in [-0.2, 0) is 32.5 Å². The fraction of sp³-hybridized carbons (Fsp3) is 0.231. The molecule has 0 atom stereocenters. The Hall–Kier alpha value is -8.20. The van der Waals surface area contributed by atoms with Gasteiger partial charge in [-0.3, -0.25) is 0 Å². The first-order valence-corrected chi connectivity index (χ1v) is 28.9. The zero-order valence-electron chi connectivity index (χ0n) is 48.6. The molecule has 0 bridgehead atoms. The second kappa shape index (κ2) is 17.2. The number of fused-ring (bicyclic) bond motifs is 19. The van der Waals surface area contributed by atoms with E-state index in [4.69, 9.17) is 4.74 Å². The van der Waals surface area contributed by atoms with E-state index in [1.807, 2.05) is 0 Å². The summed E-state index contributed by atoms with van der Waals surface area (Å²) in [6, 6.07) is 81.8. The molecule has 4 aliphatic rings. The summed E-state index contributed by atoms with van der Waals surface area (Å²) in [4.78, 5) is 2.54. The van der Waals surface area contributed by atoms with E-state index in [1.165, 1.54) is 111 Å². The van der Waals surface area contributed by atoms with Crippen LogP contribution >= 0.6 is 0 Å². The highest BCUT2D eigenvalue weighted by Gasteiger charge is 2.54. The Bertz CT molecular complexity index is 4050. The summed E-state index contributed by atoms with van der Waals surface area (Å²) < 4.78 is 7.10. The lowest BCUT2D eigenvalue weighted by atomic mass is 9.64. The van der Waals surface area contributed by atoms with Crippen molar-refractivity contribution in [3.05, 3.63) is 279 Å². The molecule has 0 saturated carbocycles. The van der Waals surface area contributed by atoms with Gasteiger partial charge in [0, 0.05) is 28.2 Å². The Kier molecular flexibility index (Phi) is 10.7. The van der Waals surface area contributed by atoms with Crippen LogP contribution in [-0.4, -0.2) is 0 Å². The molecule has 0 amide bonds. The van der Waals surface area contributed by atoms with Crippen LogP contribution in [0, 0.1) is 0 Å². The van der Waals surface area contributed by atoms with Crippen molar-refractivity contribution in [3.8, 4) is 56.0 Å². The third-order valence-electron chi connectivity index (χ3n) is 18.4. The van der Waals surface area contributed by atoms with Crippen molar-refractivity contribution in [2.45, 2.75) is 116 Å². The van der Waals surface area contributed by atoms with Crippen LogP contribution in [0.1, 0.15) is 150 Å². The molecular formula is C78H71NO. The minimum atomic E-state index is -0.688. The van der Waals surface area contributed by atoms with Crippen molar-refractivity contribution in [1.82, 2.24) is 0 Å². The molecule has 0 N–H and O–H groups in total. The van der Waals surface area contributed by atoms with Gasteiger partial charge in [-0.1, -0.05) is 235 Å². The molecule has 2 nitrogen and oxygen atoms in total. The Morgan fingerprint density at radius 2 is 0.575 bits per heavy atom. The SMILES string of the molecule is CC(C)(C)c1ccc2c(c1)C1(c3cc(C(C)(C)C)ccc3O2)c2ccccc2-c2ccc(N(c3ccc(-c4ccccc4)cc3)c3ccc4c(c3)C3(c5ccccc5-4)c4cc(C(C)(C)C)ccc4-c4ccc(C(C)(C)C)cc43)cc21. The van der Waals surface area contributed by atoms with Crippen LogP contribution in [0.2, 0.25) is 0 Å². The minimum Gasteiger partial charge on any atom is -0.457 e. The van der Waals surface area contributed by atoms with E-state index in [9.17, 15) is 0 Å². The van der Waals surface area contributed by atoms with Crippen molar-refractivity contribution in [2.24, 2.45) is 0 Å². The third kappa shape index (κ3) is 7.23. The number of ether oxygens (including phenoxy) is 1. The number of rotatable bonds is 4. The van der Waals surface area contributed by atoms with Gasteiger partial charge in [0.05, 0.1) is 10.8 Å². The predicted octanol–water partition coefficient (Wildman–Crippen LogP) is 20.8. The van der Waals surface area contributed by atoms with Crippen LogP contribution in [0.4, 0.5) is 17.1 Å². The number of anilines is 3. The number of nitrogens with zero attached hydrogens (tertiary/aromatic N) is 1. The molecule has 1 heterocycles. The molecule has 10 aromatic rings. The molecule has 14 rings (SSSR count). The first-order valence-electron chi connectivity index (χ1n) is 28.9. The van der Waals surface area contributed by atoms with Crippen LogP contribution in [0.15, 0.2) is 212 Å². The van der Waals surface area contributed by atoms with Crippen molar-refractivity contribution < 1.29 is 4.74 Å². The van der Waals surface area contributed by atoms with Gasteiger partial charge in [0.1, 0.15) is 11.5 Å². The van der Waals surface area contributed by atoms with E-state index in [1.54, 1.807) is 0 Å². The van der Waals surface area contributed by atoms with Crippen LogP contribution in [0.3, 0.4) is 0 Å². The standard InChI is InChI=1S/C78H71NO/c1-73(2,3)50-28-36-59-60-37-29-51(74(4,5)6)43-66(60)77(65(59)42-50)63-24-18-16-22-57(63)61-38-34-55(46-67(61)77)79(54-32-26-49(27-33-54)48-20-14-13-15-21-48)56-35-39-62-58-23-17-19-25-64(58)78(68(62)47-56)69-44-52(75(7,8)9)30-40-71(69)80-72-41-31-53(45-70(72)78)76(10,11)12/h13-47H,1-12H3. The van der Waals surface area contributed by atoms with Gasteiger partial charge in [-0.25, -0.2) is 0 Å². The molecule has 2 heteroatoms. The van der Waals surface area contributed by atoms with E-state index in [0.29, 0.717) is 0 Å². The number of hydrogen-bond acceptors (Lipinski definition) is 2. The number of hydrogen-bond donors (Lipinski definition) is 0. The lowest BCUT2D eigenvalue weighted by Crippen LogP contribution is -2.33. The fourth-order valence-corrected chi connectivity index (χ4v) is 14.1. The summed E-state index contributed by atoms with van der Waals surface area (Å²) in [7, 11) is 0. The molecule has 80 heavy (non-hydrogen) atoms. The van der Waals surface area contributed by atoms with Gasteiger partial charge in [-0.15, -0.1) is 0 Å².